The van der Waals surface area contributed by atoms with Crippen LogP contribution in [0.1, 0.15) is 69.0 Å². The van der Waals surface area contributed by atoms with Crippen LogP contribution in [-0.2, 0) is 42.1 Å². The Balaban J connectivity index is 1.14. The van der Waals surface area contributed by atoms with E-state index in [2.05, 4.69) is 29.8 Å². The van der Waals surface area contributed by atoms with Gasteiger partial charge in [0.05, 0.1) is 12.0 Å². The van der Waals surface area contributed by atoms with Crippen LogP contribution in [0.4, 0.5) is 0 Å². The number of nitrogens with one attached hydrogen (secondary N) is 1. The predicted octanol–water partition coefficient (Wildman–Crippen LogP) is 4.84. The molecule has 3 aromatic rings. The van der Waals surface area contributed by atoms with Crippen molar-refractivity contribution in [3.05, 3.63) is 51.4 Å². The first kappa shape index (κ1) is 37.0. The zero-order valence-corrected chi connectivity index (χ0v) is 30.7. The van der Waals surface area contributed by atoms with Crippen molar-refractivity contribution in [2.75, 3.05) is 26.7 Å². The second kappa shape index (κ2) is 15.7. The number of esters is 1. The van der Waals surface area contributed by atoms with E-state index in [1.165, 1.54) is 25.3 Å². The minimum atomic E-state index is -4.10. The van der Waals surface area contributed by atoms with Gasteiger partial charge in [-0.15, -0.1) is 0 Å². The fraction of sp³-hybridized carbons (Fsp3) is 0.559. The van der Waals surface area contributed by atoms with Gasteiger partial charge in [0, 0.05) is 54.8 Å². The molecule has 2 aliphatic rings. The number of nitrogens with zero attached hydrogens (tertiary/aromatic N) is 5. The summed E-state index contributed by atoms with van der Waals surface area (Å²) >= 11 is 12.1. The van der Waals surface area contributed by atoms with Crippen LogP contribution in [0.25, 0.3) is 11.2 Å². The number of halogens is 2. The summed E-state index contributed by atoms with van der Waals surface area (Å²) in [6.45, 7) is 8.34. The normalized spacial score (nSPS) is 18.2. The number of benzene rings is 1. The first-order valence-electron chi connectivity index (χ1n) is 16.8. The summed E-state index contributed by atoms with van der Waals surface area (Å²) in [6, 6.07) is 3.90. The number of aryl methyl sites for hydroxylation is 4. The number of pyridine rings is 1. The summed E-state index contributed by atoms with van der Waals surface area (Å²) in [7, 11) is -2.89. The molecule has 0 unspecified atom stereocenters. The van der Waals surface area contributed by atoms with Gasteiger partial charge in [-0.2, -0.15) is 4.31 Å². The van der Waals surface area contributed by atoms with Crippen molar-refractivity contribution in [3.8, 4) is 0 Å². The lowest BCUT2D eigenvalue weighted by atomic mass is 9.93. The third-order valence-corrected chi connectivity index (χ3v) is 11.9. The van der Waals surface area contributed by atoms with Crippen LogP contribution in [0.15, 0.2) is 29.2 Å². The predicted molar refractivity (Wildman–Crippen MR) is 187 cm³/mol. The molecule has 2 amide bonds. The molecule has 0 aliphatic carbocycles. The van der Waals surface area contributed by atoms with E-state index in [9.17, 15) is 22.8 Å². The molecule has 4 heterocycles. The van der Waals surface area contributed by atoms with Gasteiger partial charge in [-0.05, 0) is 88.1 Å². The van der Waals surface area contributed by atoms with Gasteiger partial charge in [0.2, 0.25) is 21.8 Å². The van der Waals surface area contributed by atoms with Crippen LogP contribution in [0.2, 0.25) is 10.0 Å². The number of methoxy groups -OCH3 is 1. The van der Waals surface area contributed by atoms with Gasteiger partial charge in [-0.3, -0.25) is 9.59 Å². The van der Waals surface area contributed by atoms with Crippen molar-refractivity contribution in [3.63, 3.8) is 0 Å². The van der Waals surface area contributed by atoms with E-state index >= 15 is 0 Å². The lowest BCUT2D eigenvalue weighted by molar-refractivity contribution is -0.146. The van der Waals surface area contributed by atoms with Crippen LogP contribution in [-0.4, -0.2) is 88.8 Å². The maximum atomic E-state index is 13.4. The Labute approximate surface area is 297 Å². The number of sulfonamides is 1. The third-order valence-electron chi connectivity index (χ3n) is 9.54. The Morgan fingerprint density at radius 2 is 1.71 bits per heavy atom. The first-order valence-corrected chi connectivity index (χ1v) is 19.0. The van der Waals surface area contributed by atoms with Gasteiger partial charge in [0.25, 0.3) is 0 Å². The van der Waals surface area contributed by atoms with Crippen LogP contribution in [0, 0.1) is 19.8 Å². The van der Waals surface area contributed by atoms with E-state index in [1.54, 1.807) is 0 Å². The number of piperidine rings is 1. The SMILES string of the molecule is CCc1nc2c(C)cc(C)nc2n1CCC1CCN(C(=O)CC[C@H](NC(=O)[C@@H]2CCCN2S(=O)(=O)c2cc(Cl)cc(Cl)c2)C(=O)OC)CC1. The molecule has 2 aliphatic heterocycles. The molecule has 2 fully saturated rings. The number of hydrogen-bond acceptors (Lipinski definition) is 8. The number of aromatic nitrogens is 3. The van der Waals surface area contributed by atoms with Gasteiger partial charge in [0.1, 0.15) is 23.4 Å². The van der Waals surface area contributed by atoms with E-state index in [1.807, 2.05) is 11.8 Å². The maximum absolute atomic E-state index is 13.4. The van der Waals surface area contributed by atoms with Gasteiger partial charge in [-0.25, -0.2) is 23.2 Å². The molecule has 2 saturated heterocycles. The summed E-state index contributed by atoms with van der Waals surface area (Å²) in [5.41, 5.74) is 3.99. The van der Waals surface area contributed by atoms with Crippen LogP contribution >= 0.6 is 23.2 Å². The Bertz CT molecular complexity index is 1800. The van der Waals surface area contributed by atoms with Crippen LogP contribution in [0.3, 0.4) is 0 Å². The molecule has 0 bridgehead atoms. The average molecular weight is 736 g/mol. The molecular formula is C34H44Cl2N6O6S. The quantitative estimate of drug-likeness (QED) is 0.261. The summed E-state index contributed by atoms with van der Waals surface area (Å²) in [4.78, 5) is 50.6. The summed E-state index contributed by atoms with van der Waals surface area (Å²) in [5.74, 6) is 0.0493. The number of hydrogen-bond donors (Lipinski definition) is 1. The highest BCUT2D eigenvalue weighted by molar-refractivity contribution is 7.89. The monoisotopic (exact) mass is 734 g/mol. The zero-order chi connectivity index (χ0) is 35.5. The highest BCUT2D eigenvalue weighted by Gasteiger charge is 2.41. The fourth-order valence-corrected chi connectivity index (χ4v) is 9.31. The van der Waals surface area contributed by atoms with Gasteiger partial charge >= 0.3 is 5.97 Å². The van der Waals surface area contributed by atoms with Crippen molar-refractivity contribution in [1.82, 2.24) is 29.1 Å². The fourth-order valence-electron chi connectivity index (χ4n) is 6.92. The Hall–Kier alpha value is -3.26. The number of fused-ring (bicyclic) bond motifs is 1. The van der Waals surface area contributed by atoms with Gasteiger partial charge in [-0.1, -0.05) is 30.1 Å². The molecule has 15 heteroatoms. The minimum absolute atomic E-state index is 0.0277. The first-order chi connectivity index (χ1) is 23.3. The number of carbonyl (C=O) groups excluding carboxylic acids is 3. The topological polar surface area (TPSA) is 144 Å². The molecule has 2 aromatic heterocycles. The molecule has 0 spiro atoms. The molecule has 266 valence electrons. The largest absolute Gasteiger partial charge is 0.467 e. The summed E-state index contributed by atoms with van der Waals surface area (Å²) in [5, 5.41) is 2.97. The second-order valence-electron chi connectivity index (χ2n) is 12.9. The van der Waals surface area contributed by atoms with Crippen molar-refractivity contribution in [2.24, 2.45) is 5.92 Å². The Morgan fingerprint density at radius 1 is 1.02 bits per heavy atom. The molecular weight excluding hydrogens is 691 g/mol. The smallest absolute Gasteiger partial charge is 0.328 e. The highest BCUT2D eigenvalue weighted by Crippen LogP contribution is 2.30. The number of rotatable bonds is 12. The van der Waals surface area contributed by atoms with E-state index < -0.39 is 34.0 Å². The zero-order valence-electron chi connectivity index (χ0n) is 28.4. The highest BCUT2D eigenvalue weighted by atomic mass is 35.5. The second-order valence-corrected chi connectivity index (χ2v) is 15.7. The third kappa shape index (κ3) is 8.38. The number of amides is 2. The lowest BCUT2D eigenvalue weighted by Crippen LogP contribution is -2.51. The van der Waals surface area contributed by atoms with Crippen LogP contribution < -0.4 is 5.32 Å². The number of likely N-dealkylation sites (tertiary alicyclic amines) is 1. The van der Waals surface area contributed by atoms with E-state index in [0.717, 1.165) is 64.8 Å². The standard InChI is InChI=1S/C34H44Cl2N6O6S/c1-5-29-39-31-21(2)17-22(3)37-32(31)41(29)16-12-23-10-14-40(15-11-23)30(43)9-8-27(34(45)48-4)38-33(44)28-7-6-13-42(28)49(46,47)26-19-24(35)18-25(36)20-26/h17-20,23,27-28H,5-16H2,1-4H3,(H,38,44)/t27-,28-/m0/s1. The van der Waals surface area contributed by atoms with Gasteiger partial charge < -0.3 is 19.5 Å². The van der Waals surface area contributed by atoms with Crippen LogP contribution in [0.5, 0.6) is 0 Å². The number of ether oxygens (including phenoxy) is 1. The molecule has 0 saturated carbocycles. The minimum Gasteiger partial charge on any atom is -0.467 e. The van der Waals surface area contributed by atoms with Crippen molar-refractivity contribution < 1.29 is 27.5 Å². The van der Waals surface area contributed by atoms with Gasteiger partial charge in [0.15, 0.2) is 5.65 Å². The maximum Gasteiger partial charge on any atom is 0.328 e. The van der Waals surface area contributed by atoms with Crippen molar-refractivity contribution >= 4 is 62.2 Å². The number of carbonyl (C=O) groups is 3. The van der Waals surface area contributed by atoms with E-state index in [4.69, 9.17) is 37.9 Å². The Kier molecular flexibility index (Phi) is 11.9. The molecule has 49 heavy (non-hydrogen) atoms. The lowest BCUT2D eigenvalue weighted by Gasteiger charge is -2.32. The molecule has 5 rings (SSSR count). The molecule has 12 nitrogen and oxygen atoms in total. The molecule has 1 N–H and O–H groups in total. The molecule has 1 aromatic carbocycles. The van der Waals surface area contributed by atoms with E-state index in [0.29, 0.717) is 25.4 Å². The Morgan fingerprint density at radius 3 is 2.37 bits per heavy atom. The van der Waals surface area contributed by atoms with E-state index in [-0.39, 0.29) is 46.7 Å². The van der Waals surface area contributed by atoms with Crippen molar-refractivity contribution in [2.45, 2.75) is 95.7 Å². The molecule has 0 radical (unpaired) electrons. The molecule has 2 atom stereocenters. The van der Waals surface area contributed by atoms with Crippen molar-refractivity contribution in [1.29, 1.82) is 0 Å². The number of imidazole rings is 1. The average Bonchev–Trinajstić information content (AvgIpc) is 3.71. The summed E-state index contributed by atoms with van der Waals surface area (Å²) in [6.07, 6.45) is 4.31. The summed E-state index contributed by atoms with van der Waals surface area (Å²) < 4.78 is 35.1.